The fraction of sp³-hybridized carbons (Fsp3) is 0.400. The molecule has 20 heavy (non-hydrogen) atoms. The van der Waals surface area contributed by atoms with Crippen molar-refractivity contribution in [2.24, 2.45) is 16.5 Å². The zero-order valence-electron chi connectivity index (χ0n) is 11.2. The second-order valence-corrected chi connectivity index (χ2v) is 4.30. The lowest BCUT2D eigenvalue weighted by molar-refractivity contribution is 0.0998. The van der Waals surface area contributed by atoms with E-state index in [4.69, 9.17) is 28.8 Å². The van der Waals surface area contributed by atoms with Gasteiger partial charge in [0.15, 0.2) is 28.4 Å². The zero-order chi connectivity index (χ0) is 15.3. The molecule has 110 valence electrons. The summed E-state index contributed by atoms with van der Waals surface area (Å²) in [6.45, 7) is 1.37. The fourth-order valence-electron chi connectivity index (χ4n) is 1.37. The highest BCUT2D eigenvalue weighted by Crippen LogP contribution is 2.23. The molecular formula is C10H17ClN8O. The van der Waals surface area contributed by atoms with Crippen molar-refractivity contribution in [2.45, 2.75) is 0 Å². The van der Waals surface area contributed by atoms with Crippen LogP contribution in [-0.2, 0) is 0 Å². The molecule has 0 atom stereocenters. The Labute approximate surface area is 121 Å². The van der Waals surface area contributed by atoms with E-state index < -0.39 is 5.91 Å². The highest BCUT2D eigenvalue weighted by atomic mass is 35.5. The SMILES string of the molecule is CNCCN(C)c1nc(N)c(C(=O)N=C(N)N)nc1Cl. The van der Waals surface area contributed by atoms with Crippen LogP contribution in [0.5, 0.6) is 0 Å². The predicted octanol–water partition coefficient (Wildman–Crippen LogP) is -1.22. The van der Waals surface area contributed by atoms with E-state index >= 15 is 0 Å². The lowest BCUT2D eigenvalue weighted by Gasteiger charge is -2.19. The van der Waals surface area contributed by atoms with E-state index in [-0.39, 0.29) is 22.6 Å². The Hall–Kier alpha value is -2.13. The molecule has 0 unspecified atom stereocenters. The van der Waals surface area contributed by atoms with E-state index in [2.05, 4.69) is 20.3 Å². The first-order chi connectivity index (χ1) is 9.36. The van der Waals surface area contributed by atoms with Gasteiger partial charge in [-0.05, 0) is 7.05 Å². The molecule has 0 fully saturated rings. The van der Waals surface area contributed by atoms with Gasteiger partial charge in [-0.1, -0.05) is 11.6 Å². The molecule has 1 heterocycles. The van der Waals surface area contributed by atoms with Gasteiger partial charge in [-0.3, -0.25) is 4.79 Å². The molecule has 0 saturated carbocycles. The number of aromatic nitrogens is 2. The normalized spacial score (nSPS) is 10.2. The highest BCUT2D eigenvalue weighted by molar-refractivity contribution is 6.32. The summed E-state index contributed by atoms with van der Waals surface area (Å²) in [7, 11) is 3.61. The van der Waals surface area contributed by atoms with E-state index in [0.29, 0.717) is 12.4 Å². The van der Waals surface area contributed by atoms with Gasteiger partial charge >= 0.3 is 5.91 Å². The Morgan fingerprint density at radius 2 is 2.10 bits per heavy atom. The van der Waals surface area contributed by atoms with Crippen molar-refractivity contribution in [3.63, 3.8) is 0 Å². The van der Waals surface area contributed by atoms with Crippen molar-refractivity contribution < 1.29 is 4.79 Å². The number of rotatable bonds is 5. The minimum Gasteiger partial charge on any atom is -0.382 e. The number of hydrogen-bond acceptors (Lipinski definition) is 6. The number of aliphatic imine (C=N–C) groups is 1. The number of halogens is 1. The van der Waals surface area contributed by atoms with Crippen molar-refractivity contribution in [3.05, 3.63) is 10.8 Å². The number of amides is 1. The van der Waals surface area contributed by atoms with E-state index in [1.807, 2.05) is 7.05 Å². The molecule has 0 saturated heterocycles. The molecule has 0 bridgehead atoms. The van der Waals surface area contributed by atoms with Crippen molar-refractivity contribution in [1.29, 1.82) is 0 Å². The third-order valence-electron chi connectivity index (χ3n) is 2.36. The standard InChI is InChI=1S/C10H17ClN8O/c1-15-3-4-19(2)8-6(11)16-5(7(12)17-8)9(20)18-10(13)14/h15H,3-4H2,1-2H3,(H2,12,17)(H4,13,14,18,20). The molecule has 7 N–H and O–H groups in total. The number of carbonyl (C=O) groups is 1. The van der Waals surface area contributed by atoms with Gasteiger partial charge in [0, 0.05) is 20.1 Å². The van der Waals surface area contributed by atoms with Gasteiger partial charge in [0.2, 0.25) is 0 Å². The first-order valence-corrected chi connectivity index (χ1v) is 6.07. The number of nitrogens with one attached hydrogen (secondary N) is 1. The molecule has 1 amide bonds. The van der Waals surface area contributed by atoms with Crippen LogP contribution in [0.4, 0.5) is 11.6 Å². The summed E-state index contributed by atoms with van der Waals surface area (Å²) < 4.78 is 0. The van der Waals surface area contributed by atoms with Gasteiger partial charge in [0.25, 0.3) is 0 Å². The summed E-state index contributed by atoms with van der Waals surface area (Å²) in [5.41, 5.74) is 15.7. The molecule has 9 nitrogen and oxygen atoms in total. The first-order valence-electron chi connectivity index (χ1n) is 5.69. The molecule has 0 aliphatic heterocycles. The summed E-state index contributed by atoms with van der Waals surface area (Å²) in [6, 6.07) is 0. The van der Waals surface area contributed by atoms with Gasteiger partial charge in [-0.15, -0.1) is 0 Å². The molecule has 0 aliphatic carbocycles. The van der Waals surface area contributed by atoms with Crippen LogP contribution in [0, 0.1) is 0 Å². The number of nitrogens with zero attached hydrogens (tertiary/aromatic N) is 4. The van der Waals surface area contributed by atoms with Crippen molar-refractivity contribution in [3.8, 4) is 0 Å². The van der Waals surface area contributed by atoms with Crippen LogP contribution in [0.1, 0.15) is 10.5 Å². The topological polar surface area (TPSA) is 149 Å². The molecule has 0 aliphatic rings. The second kappa shape index (κ2) is 6.87. The molecule has 0 radical (unpaired) electrons. The van der Waals surface area contributed by atoms with Crippen LogP contribution in [0.25, 0.3) is 0 Å². The number of anilines is 2. The maximum Gasteiger partial charge on any atom is 0.302 e. The zero-order valence-corrected chi connectivity index (χ0v) is 12.0. The largest absolute Gasteiger partial charge is 0.382 e. The summed E-state index contributed by atoms with van der Waals surface area (Å²) in [5.74, 6) is -0.889. The van der Waals surface area contributed by atoms with E-state index in [1.54, 1.807) is 11.9 Å². The maximum absolute atomic E-state index is 11.7. The van der Waals surface area contributed by atoms with Crippen LogP contribution in [0.3, 0.4) is 0 Å². The fourth-order valence-corrected chi connectivity index (χ4v) is 1.65. The summed E-state index contributed by atoms with van der Waals surface area (Å²) in [4.78, 5) is 24.7. The minimum atomic E-state index is -0.790. The van der Waals surface area contributed by atoms with Crippen LogP contribution in [-0.4, -0.2) is 49.0 Å². The third-order valence-corrected chi connectivity index (χ3v) is 2.61. The first kappa shape index (κ1) is 15.9. The quantitative estimate of drug-likeness (QED) is 0.390. The minimum absolute atomic E-state index is 0.0481. The van der Waals surface area contributed by atoms with E-state index in [1.165, 1.54) is 0 Å². The number of hydrogen-bond donors (Lipinski definition) is 4. The predicted molar refractivity (Wildman–Crippen MR) is 78.8 cm³/mol. The lowest BCUT2D eigenvalue weighted by Crippen LogP contribution is -2.29. The van der Waals surface area contributed by atoms with E-state index in [9.17, 15) is 4.79 Å². The molecule has 10 heteroatoms. The number of nitrogen functional groups attached to an aromatic ring is 1. The van der Waals surface area contributed by atoms with Gasteiger partial charge in [0.1, 0.15) is 0 Å². The monoisotopic (exact) mass is 300 g/mol. The molecule has 0 spiro atoms. The van der Waals surface area contributed by atoms with Gasteiger partial charge in [-0.2, -0.15) is 4.99 Å². The average Bonchev–Trinajstić information content (AvgIpc) is 2.37. The number of carbonyl (C=O) groups excluding carboxylic acids is 1. The smallest absolute Gasteiger partial charge is 0.302 e. The molecular weight excluding hydrogens is 284 g/mol. The maximum atomic E-state index is 11.7. The molecule has 1 aromatic heterocycles. The van der Waals surface area contributed by atoms with Gasteiger partial charge in [0.05, 0.1) is 0 Å². The van der Waals surface area contributed by atoms with Crippen LogP contribution in [0.15, 0.2) is 4.99 Å². The van der Waals surface area contributed by atoms with Crippen LogP contribution < -0.4 is 27.4 Å². The van der Waals surface area contributed by atoms with Crippen molar-refractivity contribution in [2.75, 3.05) is 37.8 Å². The third kappa shape index (κ3) is 3.93. The Morgan fingerprint density at radius 1 is 1.45 bits per heavy atom. The lowest BCUT2D eigenvalue weighted by atomic mass is 10.4. The molecule has 1 rings (SSSR count). The second-order valence-electron chi connectivity index (χ2n) is 3.94. The van der Waals surface area contributed by atoms with Gasteiger partial charge < -0.3 is 27.4 Å². The van der Waals surface area contributed by atoms with Crippen molar-refractivity contribution in [1.82, 2.24) is 15.3 Å². The van der Waals surface area contributed by atoms with Crippen molar-refractivity contribution >= 4 is 35.1 Å². The molecule has 1 aromatic rings. The van der Waals surface area contributed by atoms with Gasteiger partial charge in [-0.25, -0.2) is 9.97 Å². The Balaban J connectivity index is 3.08. The Bertz CT molecular complexity index is 528. The Kier molecular flexibility index (Phi) is 5.47. The number of nitrogens with two attached hydrogens (primary N) is 3. The van der Waals surface area contributed by atoms with Crippen LogP contribution >= 0.6 is 11.6 Å². The number of likely N-dealkylation sites (N-methyl/N-ethyl adjacent to an activating group) is 2. The molecule has 0 aromatic carbocycles. The highest BCUT2D eigenvalue weighted by Gasteiger charge is 2.18. The Morgan fingerprint density at radius 3 is 2.65 bits per heavy atom. The van der Waals surface area contributed by atoms with Crippen LogP contribution in [0.2, 0.25) is 5.15 Å². The summed E-state index contributed by atoms with van der Waals surface area (Å²) in [5, 5.41) is 3.04. The summed E-state index contributed by atoms with van der Waals surface area (Å²) >= 11 is 6.00. The van der Waals surface area contributed by atoms with E-state index in [0.717, 1.165) is 6.54 Å². The number of guanidine groups is 1. The summed E-state index contributed by atoms with van der Waals surface area (Å²) in [6.07, 6.45) is 0. The average molecular weight is 301 g/mol.